The molecule has 0 saturated heterocycles. The van der Waals surface area contributed by atoms with Crippen molar-refractivity contribution in [2.24, 2.45) is 23.2 Å². The second-order valence-corrected chi connectivity index (χ2v) is 10.7. The Balaban J connectivity index is 1.27. The summed E-state index contributed by atoms with van der Waals surface area (Å²) in [6.45, 7) is 3.04. The Morgan fingerprint density at radius 1 is 0.969 bits per heavy atom. The van der Waals surface area contributed by atoms with Crippen LogP contribution in [0, 0.1) is 23.2 Å². The highest BCUT2D eigenvalue weighted by atomic mass is 16.2. The molecule has 6 nitrogen and oxygen atoms in total. The van der Waals surface area contributed by atoms with E-state index in [1.165, 1.54) is 38.5 Å². The highest BCUT2D eigenvalue weighted by molar-refractivity contribution is 5.93. The van der Waals surface area contributed by atoms with Gasteiger partial charge in [0.15, 0.2) is 0 Å². The van der Waals surface area contributed by atoms with Crippen molar-refractivity contribution in [3.63, 3.8) is 0 Å². The van der Waals surface area contributed by atoms with Crippen LogP contribution in [0.3, 0.4) is 0 Å². The molecule has 6 heteroatoms. The van der Waals surface area contributed by atoms with E-state index in [9.17, 15) is 14.4 Å². The van der Waals surface area contributed by atoms with Crippen LogP contribution in [0.2, 0.25) is 0 Å². The van der Waals surface area contributed by atoms with E-state index in [0.29, 0.717) is 25.1 Å². The van der Waals surface area contributed by atoms with Crippen LogP contribution in [0.15, 0.2) is 24.3 Å². The summed E-state index contributed by atoms with van der Waals surface area (Å²) in [5.74, 6) is 2.39. The minimum absolute atomic E-state index is 0.0305. The normalized spacial score (nSPS) is 27.8. The number of rotatable bonds is 8. The van der Waals surface area contributed by atoms with Crippen molar-refractivity contribution in [2.45, 2.75) is 58.4 Å². The second kappa shape index (κ2) is 9.24. The Labute approximate surface area is 191 Å². The smallest absolute Gasteiger partial charge is 0.253 e. The van der Waals surface area contributed by atoms with Gasteiger partial charge in [-0.1, -0.05) is 12.1 Å². The van der Waals surface area contributed by atoms with Gasteiger partial charge in [0.1, 0.15) is 0 Å². The van der Waals surface area contributed by atoms with Gasteiger partial charge in [-0.15, -0.1) is 0 Å². The number of hydrogen-bond donors (Lipinski definition) is 1. The molecule has 4 saturated carbocycles. The van der Waals surface area contributed by atoms with Crippen molar-refractivity contribution < 1.29 is 14.4 Å². The molecule has 5 rings (SSSR count). The van der Waals surface area contributed by atoms with E-state index in [1.807, 2.05) is 19.1 Å². The lowest BCUT2D eigenvalue weighted by Crippen LogP contribution is -2.48. The first kappa shape index (κ1) is 22.8. The molecular weight excluding hydrogens is 402 g/mol. The van der Waals surface area contributed by atoms with Crippen molar-refractivity contribution in [1.82, 2.24) is 15.1 Å². The molecule has 0 radical (unpaired) electrons. The molecule has 1 aromatic rings. The molecule has 1 N–H and O–H groups in total. The largest absolute Gasteiger partial charge is 0.347 e. The molecule has 32 heavy (non-hydrogen) atoms. The van der Waals surface area contributed by atoms with Gasteiger partial charge < -0.3 is 15.1 Å². The summed E-state index contributed by atoms with van der Waals surface area (Å²) in [5.41, 5.74) is 1.79. The third-order valence-corrected chi connectivity index (χ3v) is 7.85. The van der Waals surface area contributed by atoms with Crippen LogP contribution >= 0.6 is 0 Å². The molecule has 0 spiro atoms. The standard InChI is InChI=1S/C26H37N3O3/c1-4-29(17-18-5-7-22(8-6-18)25(32)28(2)3)24(31)16-27-23(30)15-26-12-19-9-20(13-26)11-21(10-19)14-26/h5-8,19-21H,4,9-17H2,1-3H3,(H,27,30). The van der Waals surface area contributed by atoms with Crippen LogP contribution in [0.4, 0.5) is 0 Å². The zero-order chi connectivity index (χ0) is 22.9. The SMILES string of the molecule is CCN(Cc1ccc(C(=O)N(C)C)cc1)C(=O)CNC(=O)CC12CC3CC(CC(C3)C1)C2. The van der Waals surface area contributed by atoms with Gasteiger partial charge in [-0.05, 0) is 86.3 Å². The molecule has 174 valence electrons. The molecule has 0 aliphatic heterocycles. The summed E-state index contributed by atoms with van der Waals surface area (Å²) in [7, 11) is 3.45. The van der Waals surface area contributed by atoms with E-state index >= 15 is 0 Å². The molecule has 1 aromatic carbocycles. The average Bonchev–Trinajstić information content (AvgIpc) is 2.74. The van der Waals surface area contributed by atoms with Crippen molar-refractivity contribution in [3.05, 3.63) is 35.4 Å². The fourth-order valence-electron chi connectivity index (χ4n) is 6.80. The Morgan fingerprint density at radius 2 is 1.53 bits per heavy atom. The summed E-state index contributed by atoms with van der Waals surface area (Å²) >= 11 is 0. The van der Waals surface area contributed by atoms with Crippen LogP contribution in [0.5, 0.6) is 0 Å². The number of carbonyl (C=O) groups is 3. The first-order valence-electron chi connectivity index (χ1n) is 12.1. The molecule has 0 heterocycles. The van der Waals surface area contributed by atoms with E-state index in [-0.39, 0.29) is 29.7 Å². The maximum atomic E-state index is 12.8. The second-order valence-electron chi connectivity index (χ2n) is 10.7. The van der Waals surface area contributed by atoms with Crippen molar-refractivity contribution in [2.75, 3.05) is 27.2 Å². The van der Waals surface area contributed by atoms with Gasteiger partial charge in [0.2, 0.25) is 11.8 Å². The first-order chi connectivity index (χ1) is 15.3. The van der Waals surface area contributed by atoms with Crippen molar-refractivity contribution in [3.8, 4) is 0 Å². The zero-order valence-corrected chi connectivity index (χ0v) is 19.7. The molecule has 4 bridgehead atoms. The topological polar surface area (TPSA) is 69.7 Å². The predicted molar refractivity (Wildman–Crippen MR) is 124 cm³/mol. The maximum absolute atomic E-state index is 12.8. The maximum Gasteiger partial charge on any atom is 0.253 e. The number of hydrogen-bond acceptors (Lipinski definition) is 3. The molecule has 0 unspecified atom stereocenters. The molecule has 3 amide bonds. The molecular formula is C26H37N3O3. The Kier molecular flexibility index (Phi) is 6.59. The summed E-state index contributed by atoms with van der Waals surface area (Å²) in [5, 5.41) is 2.91. The summed E-state index contributed by atoms with van der Waals surface area (Å²) in [6.07, 6.45) is 8.30. The highest BCUT2D eigenvalue weighted by Gasteiger charge is 2.51. The predicted octanol–water partition coefficient (Wildman–Crippen LogP) is 3.46. The van der Waals surface area contributed by atoms with Crippen LogP contribution in [0.25, 0.3) is 0 Å². The lowest BCUT2D eigenvalue weighted by Gasteiger charge is -2.56. The molecule has 4 aliphatic rings. The van der Waals surface area contributed by atoms with Gasteiger partial charge >= 0.3 is 0 Å². The first-order valence-corrected chi connectivity index (χ1v) is 12.1. The molecule has 4 aliphatic carbocycles. The van der Waals surface area contributed by atoms with Crippen molar-refractivity contribution in [1.29, 1.82) is 0 Å². The Morgan fingerprint density at radius 3 is 2.03 bits per heavy atom. The van der Waals surface area contributed by atoms with Gasteiger partial charge in [0.05, 0.1) is 6.54 Å². The third kappa shape index (κ3) is 5.00. The number of likely N-dealkylation sites (N-methyl/N-ethyl adjacent to an activating group) is 1. The number of carbonyl (C=O) groups excluding carboxylic acids is 3. The summed E-state index contributed by atoms with van der Waals surface area (Å²) < 4.78 is 0. The highest BCUT2D eigenvalue weighted by Crippen LogP contribution is 2.61. The van der Waals surface area contributed by atoms with Crippen LogP contribution in [-0.2, 0) is 16.1 Å². The third-order valence-electron chi connectivity index (χ3n) is 7.85. The minimum Gasteiger partial charge on any atom is -0.347 e. The van der Waals surface area contributed by atoms with Gasteiger partial charge in [-0.2, -0.15) is 0 Å². The van der Waals surface area contributed by atoms with Gasteiger partial charge in [-0.3, -0.25) is 14.4 Å². The Hall–Kier alpha value is -2.37. The lowest BCUT2D eigenvalue weighted by molar-refractivity contribution is -0.135. The zero-order valence-electron chi connectivity index (χ0n) is 19.7. The van der Waals surface area contributed by atoms with Crippen molar-refractivity contribution >= 4 is 17.7 Å². The molecule has 0 aromatic heterocycles. The van der Waals surface area contributed by atoms with Crippen LogP contribution in [-0.4, -0.2) is 54.7 Å². The minimum atomic E-state index is -0.0696. The van der Waals surface area contributed by atoms with Gasteiger partial charge in [-0.25, -0.2) is 0 Å². The molecule has 0 atom stereocenters. The van der Waals surface area contributed by atoms with E-state index in [2.05, 4.69) is 5.32 Å². The van der Waals surface area contributed by atoms with E-state index in [4.69, 9.17) is 0 Å². The summed E-state index contributed by atoms with van der Waals surface area (Å²) in [4.78, 5) is 40.8. The van der Waals surface area contributed by atoms with E-state index in [0.717, 1.165) is 23.3 Å². The Bertz CT molecular complexity index is 826. The fourth-order valence-corrected chi connectivity index (χ4v) is 6.80. The number of amides is 3. The average molecular weight is 440 g/mol. The fraction of sp³-hybridized carbons (Fsp3) is 0.654. The van der Waals surface area contributed by atoms with Crippen LogP contribution < -0.4 is 5.32 Å². The lowest BCUT2D eigenvalue weighted by atomic mass is 9.49. The van der Waals surface area contributed by atoms with E-state index < -0.39 is 0 Å². The number of nitrogens with one attached hydrogen (secondary N) is 1. The van der Waals surface area contributed by atoms with Gasteiger partial charge in [0, 0.05) is 39.2 Å². The van der Waals surface area contributed by atoms with E-state index in [1.54, 1.807) is 36.0 Å². The monoisotopic (exact) mass is 439 g/mol. The quantitative estimate of drug-likeness (QED) is 0.674. The summed E-state index contributed by atoms with van der Waals surface area (Å²) in [6, 6.07) is 7.36. The van der Waals surface area contributed by atoms with Crippen LogP contribution in [0.1, 0.15) is 67.8 Å². The number of benzene rings is 1. The molecule has 4 fully saturated rings. The number of nitrogens with zero attached hydrogens (tertiary/aromatic N) is 2. The van der Waals surface area contributed by atoms with Gasteiger partial charge in [0.25, 0.3) is 5.91 Å².